The van der Waals surface area contributed by atoms with Gasteiger partial charge in [-0.15, -0.1) is 0 Å². The lowest BCUT2D eigenvalue weighted by Crippen LogP contribution is -2.45. The first-order chi connectivity index (χ1) is 8.16. The van der Waals surface area contributed by atoms with Crippen molar-refractivity contribution in [1.29, 1.82) is 0 Å². The molecule has 1 saturated heterocycles. The second-order valence-corrected chi connectivity index (χ2v) is 4.39. The molecule has 1 aromatic carbocycles. The Bertz CT molecular complexity index is 380. The fraction of sp³-hybridized carbons (Fsp3) is 0.462. The molecule has 17 heavy (non-hydrogen) atoms. The molecule has 0 amide bonds. The molecule has 1 aromatic rings. The summed E-state index contributed by atoms with van der Waals surface area (Å²) in [5, 5.41) is 8.93. The maximum absolute atomic E-state index is 10.9. The number of aliphatic carboxylic acids is 1. The summed E-state index contributed by atoms with van der Waals surface area (Å²) < 4.78 is 5.62. The van der Waals surface area contributed by atoms with E-state index in [-0.39, 0.29) is 18.7 Å². The summed E-state index contributed by atoms with van der Waals surface area (Å²) in [6.07, 6.45) is 0.0920. The van der Waals surface area contributed by atoms with Crippen LogP contribution in [0.25, 0.3) is 0 Å². The van der Waals surface area contributed by atoms with Gasteiger partial charge in [-0.25, -0.2) is 0 Å². The molecule has 2 rings (SSSR count). The summed E-state index contributed by atoms with van der Waals surface area (Å²) in [5.74, 6) is -0.792. The standard InChI is InChI=1S/C13H17NO3/c1-10-7-14(8-13(15)16)12(9-17-10)11-5-3-2-4-6-11/h2-6,10,12H,7-9H2,1H3,(H,15,16)/t10-,12+/m0/s1. The van der Waals surface area contributed by atoms with Crippen LogP contribution in [-0.4, -0.2) is 41.8 Å². The van der Waals surface area contributed by atoms with Gasteiger partial charge in [-0.2, -0.15) is 0 Å². The summed E-state index contributed by atoms with van der Waals surface area (Å²) in [5.41, 5.74) is 1.11. The van der Waals surface area contributed by atoms with E-state index in [1.807, 2.05) is 42.2 Å². The molecular weight excluding hydrogens is 218 g/mol. The summed E-state index contributed by atoms with van der Waals surface area (Å²) in [6, 6.07) is 9.96. The minimum Gasteiger partial charge on any atom is -0.480 e. The number of morpholine rings is 1. The van der Waals surface area contributed by atoms with Gasteiger partial charge in [0.05, 0.1) is 25.3 Å². The van der Waals surface area contributed by atoms with Crippen LogP contribution in [0.5, 0.6) is 0 Å². The third-order valence-electron chi connectivity index (χ3n) is 2.99. The largest absolute Gasteiger partial charge is 0.480 e. The number of carbonyl (C=O) groups is 1. The van der Waals surface area contributed by atoms with Crippen molar-refractivity contribution in [2.24, 2.45) is 0 Å². The number of ether oxygens (including phenoxy) is 1. The molecule has 0 saturated carbocycles. The number of nitrogens with zero attached hydrogens (tertiary/aromatic N) is 1. The van der Waals surface area contributed by atoms with Crippen LogP contribution in [0, 0.1) is 0 Å². The average Bonchev–Trinajstić information content (AvgIpc) is 2.29. The molecule has 1 N–H and O–H groups in total. The van der Waals surface area contributed by atoms with E-state index in [9.17, 15) is 4.79 Å². The topological polar surface area (TPSA) is 49.8 Å². The van der Waals surface area contributed by atoms with Gasteiger partial charge in [0, 0.05) is 6.54 Å². The monoisotopic (exact) mass is 235 g/mol. The lowest BCUT2D eigenvalue weighted by Gasteiger charge is -2.37. The van der Waals surface area contributed by atoms with Crippen LogP contribution >= 0.6 is 0 Å². The van der Waals surface area contributed by atoms with Crippen molar-refractivity contribution in [3.8, 4) is 0 Å². The number of hydrogen-bond acceptors (Lipinski definition) is 3. The Kier molecular flexibility index (Phi) is 3.76. The van der Waals surface area contributed by atoms with Gasteiger partial charge in [0.1, 0.15) is 0 Å². The van der Waals surface area contributed by atoms with E-state index >= 15 is 0 Å². The zero-order valence-corrected chi connectivity index (χ0v) is 9.87. The molecular formula is C13H17NO3. The number of rotatable bonds is 3. The van der Waals surface area contributed by atoms with E-state index in [0.717, 1.165) is 5.56 Å². The van der Waals surface area contributed by atoms with Gasteiger partial charge in [0.2, 0.25) is 0 Å². The average molecular weight is 235 g/mol. The third-order valence-corrected chi connectivity index (χ3v) is 2.99. The van der Waals surface area contributed by atoms with Crippen LogP contribution in [0.4, 0.5) is 0 Å². The van der Waals surface area contributed by atoms with E-state index < -0.39 is 5.97 Å². The maximum Gasteiger partial charge on any atom is 0.317 e. The molecule has 1 aliphatic heterocycles. The van der Waals surface area contributed by atoms with Crippen molar-refractivity contribution in [2.45, 2.75) is 19.1 Å². The zero-order chi connectivity index (χ0) is 12.3. The van der Waals surface area contributed by atoms with Crippen LogP contribution in [0.3, 0.4) is 0 Å². The van der Waals surface area contributed by atoms with Crippen LogP contribution in [0.1, 0.15) is 18.5 Å². The second-order valence-electron chi connectivity index (χ2n) is 4.39. The Labute approximate surface area is 101 Å². The van der Waals surface area contributed by atoms with Crippen LogP contribution in [0.15, 0.2) is 30.3 Å². The Morgan fingerprint density at radius 3 is 2.82 bits per heavy atom. The van der Waals surface area contributed by atoms with Crippen LogP contribution in [-0.2, 0) is 9.53 Å². The highest BCUT2D eigenvalue weighted by atomic mass is 16.5. The normalized spacial score (nSPS) is 25.7. The summed E-state index contributed by atoms with van der Waals surface area (Å²) in [4.78, 5) is 12.8. The van der Waals surface area contributed by atoms with Crippen molar-refractivity contribution >= 4 is 5.97 Å². The van der Waals surface area contributed by atoms with E-state index in [4.69, 9.17) is 9.84 Å². The SMILES string of the molecule is C[C@H]1CN(CC(=O)O)[C@@H](c2ccccc2)CO1. The fourth-order valence-corrected chi connectivity index (χ4v) is 2.20. The van der Waals surface area contributed by atoms with Gasteiger partial charge in [-0.3, -0.25) is 9.69 Å². The molecule has 0 bridgehead atoms. The second kappa shape index (κ2) is 5.29. The number of carboxylic acid groups (broad SMARTS) is 1. The lowest BCUT2D eigenvalue weighted by atomic mass is 10.0. The highest BCUT2D eigenvalue weighted by Gasteiger charge is 2.29. The summed E-state index contributed by atoms with van der Waals surface area (Å²) >= 11 is 0. The van der Waals surface area contributed by atoms with Gasteiger partial charge in [-0.1, -0.05) is 30.3 Å². The first-order valence-corrected chi connectivity index (χ1v) is 5.79. The molecule has 4 nitrogen and oxygen atoms in total. The van der Waals surface area contributed by atoms with Gasteiger partial charge in [-0.05, 0) is 12.5 Å². The predicted octanol–water partition coefficient (Wildman–Crippen LogP) is 1.53. The molecule has 0 aromatic heterocycles. The molecule has 0 aliphatic carbocycles. The van der Waals surface area contributed by atoms with E-state index in [2.05, 4.69) is 0 Å². The molecule has 1 aliphatic rings. The van der Waals surface area contributed by atoms with Crippen LogP contribution < -0.4 is 0 Å². The number of benzene rings is 1. The van der Waals surface area contributed by atoms with Gasteiger partial charge < -0.3 is 9.84 Å². The Hall–Kier alpha value is -1.39. The van der Waals surface area contributed by atoms with Gasteiger partial charge >= 0.3 is 5.97 Å². The first kappa shape index (κ1) is 12.1. The molecule has 0 radical (unpaired) electrons. The minimum atomic E-state index is -0.792. The minimum absolute atomic E-state index is 0.0449. The Morgan fingerprint density at radius 1 is 1.47 bits per heavy atom. The van der Waals surface area contributed by atoms with E-state index in [1.165, 1.54) is 0 Å². The van der Waals surface area contributed by atoms with E-state index in [0.29, 0.717) is 13.2 Å². The first-order valence-electron chi connectivity index (χ1n) is 5.79. The molecule has 0 unspecified atom stereocenters. The zero-order valence-electron chi connectivity index (χ0n) is 9.87. The molecule has 0 spiro atoms. The van der Waals surface area contributed by atoms with Crippen molar-refractivity contribution in [2.75, 3.05) is 19.7 Å². The highest BCUT2D eigenvalue weighted by molar-refractivity contribution is 5.69. The highest BCUT2D eigenvalue weighted by Crippen LogP contribution is 2.25. The summed E-state index contributed by atoms with van der Waals surface area (Å²) in [6.45, 7) is 3.24. The van der Waals surface area contributed by atoms with E-state index in [1.54, 1.807) is 0 Å². The lowest BCUT2D eigenvalue weighted by molar-refractivity contribution is -0.142. The Balaban J connectivity index is 2.15. The smallest absolute Gasteiger partial charge is 0.317 e. The van der Waals surface area contributed by atoms with Crippen molar-refractivity contribution in [3.63, 3.8) is 0 Å². The molecule has 4 heteroatoms. The van der Waals surface area contributed by atoms with Gasteiger partial charge in [0.25, 0.3) is 0 Å². The molecule has 92 valence electrons. The maximum atomic E-state index is 10.9. The Morgan fingerprint density at radius 2 is 2.18 bits per heavy atom. The van der Waals surface area contributed by atoms with Crippen molar-refractivity contribution in [3.05, 3.63) is 35.9 Å². The third kappa shape index (κ3) is 3.05. The quantitative estimate of drug-likeness (QED) is 0.863. The molecule has 2 atom stereocenters. The summed E-state index contributed by atoms with van der Waals surface area (Å²) in [7, 11) is 0. The predicted molar refractivity (Wildman–Crippen MR) is 63.8 cm³/mol. The molecule has 1 heterocycles. The van der Waals surface area contributed by atoms with Gasteiger partial charge in [0.15, 0.2) is 0 Å². The fourth-order valence-electron chi connectivity index (χ4n) is 2.20. The number of carboxylic acids is 1. The van der Waals surface area contributed by atoms with Crippen molar-refractivity contribution in [1.82, 2.24) is 4.90 Å². The van der Waals surface area contributed by atoms with Crippen LogP contribution in [0.2, 0.25) is 0 Å². The van der Waals surface area contributed by atoms with Crippen molar-refractivity contribution < 1.29 is 14.6 Å². The number of hydrogen-bond donors (Lipinski definition) is 1. The molecule has 1 fully saturated rings.